The van der Waals surface area contributed by atoms with E-state index in [0.717, 1.165) is 12.8 Å². The number of benzene rings is 1. The highest BCUT2D eigenvalue weighted by atomic mass is 35.5. The lowest BCUT2D eigenvalue weighted by atomic mass is 10.2. The van der Waals surface area contributed by atoms with E-state index in [1.54, 1.807) is 12.1 Å². The number of sulfone groups is 1. The molecular formula is C16H27ClN2O4S. The molecule has 1 unspecified atom stereocenters. The molecular weight excluding hydrogens is 352 g/mol. The minimum absolute atomic E-state index is 0. The van der Waals surface area contributed by atoms with E-state index in [9.17, 15) is 13.2 Å². The van der Waals surface area contributed by atoms with Gasteiger partial charge in [-0.2, -0.15) is 0 Å². The number of rotatable bonds is 10. The van der Waals surface area contributed by atoms with Crippen LogP contribution in [-0.4, -0.2) is 40.3 Å². The summed E-state index contributed by atoms with van der Waals surface area (Å²) in [7, 11) is -3.18. The number of carbonyl (C=O) groups excluding carboxylic acids is 1. The van der Waals surface area contributed by atoms with E-state index >= 15 is 0 Å². The van der Waals surface area contributed by atoms with Gasteiger partial charge >= 0.3 is 0 Å². The molecule has 0 heterocycles. The number of hydrogen-bond acceptors (Lipinski definition) is 5. The maximum absolute atomic E-state index is 11.6. The molecule has 1 rings (SSSR count). The summed E-state index contributed by atoms with van der Waals surface area (Å²) >= 11 is 0. The van der Waals surface area contributed by atoms with Gasteiger partial charge in [0, 0.05) is 19.2 Å². The molecule has 0 spiro atoms. The van der Waals surface area contributed by atoms with Gasteiger partial charge in [0.05, 0.1) is 11.5 Å². The third kappa shape index (κ3) is 9.10. The number of hydrogen-bond donors (Lipinski definition) is 2. The van der Waals surface area contributed by atoms with Crippen LogP contribution >= 0.6 is 12.4 Å². The van der Waals surface area contributed by atoms with Crippen LogP contribution < -0.4 is 15.8 Å². The summed E-state index contributed by atoms with van der Waals surface area (Å²) in [5, 5.41) is 2.85. The lowest BCUT2D eigenvalue weighted by Gasteiger charge is -2.10. The molecule has 138 valence electrons. The molecule has 0 radical (unpaired) electrons. The monoisotopic (exact) mass is 378 g/mol. The highest BCUT2D eigenvalue weighted by molar-refractivity contribution is 7.90. The van der Waals surface area contributed by atoms with Crippen LogP contribution in [0, 0.1) is 5.92 Å². The molecule has 1 atom stereocenters. The number of unbranched alkanes of at least 4 members (excludes halogenated alkanes) is 1. The zero-order valence-electron chi connectivity index (χ0n) is 14.2. The molecule has 0 aliphatic carbocycles. The van der Waals surface area contributed by atoms with E-state index in [0.29, 0.717) is 31.9 Å². The number of nitrogens with one attached hydrogen (secondary N) is 1. The van der Waals surface area contributed by atoms with E-state index in [2.05, 4.69) is 5.32 Å². The van der Waals surface area contributed by atoms with Crippen molar-refractivity contribution in [1.29, 1.82) is 0 Å². The summed E-state index contributed by atoms with van der Waals surface area (Å²) in [5.74, 6) is 0.943. The van der Waals surface area contributed by atoms with Gasteiger partial charge < -0.3 is 15.8 Å². The van der Waals surface area contributed by atoms with Gasteiger partial charge in [-0.05, 0) is 49.6 Å². The van der Waals surface area contributed by atoms with Gasteiger partial charge in [-0.1, -0.05) is 6.92 Å². The Hall–Kier alpha value is -1.31. The molecule has 0 aromatic heterocycles. The van der Waals surface area contributed by atoms with E-state index in [1.165, 1.54) is 18.4 Å². The van der Waals surface area contributed by atoms with Gasteiger partial charge in [0.1, 0.15) is 5.75 Å². The standard InChI is InChI=1S/C16H26N2O4S.ClH/c1-13(11-17)12-18-16(19)5-3-4-10-22-14-6-8-15(9-7-14)23(2,20)21;/h6-9,13H,3-5,10-12,17H2,1-2H3,(H,18,19);1H. The minimum atomic E-state index is -3.18. The van der Waals surface area contributed by atoms with Gasteiger partial charge in [0.15, 0.2) is 9.84 Å². The first kappa shape index (κ1) is 22.7. The van der Waals surface area contributed by atoms with E-state index in [4.69, 9.17) is 10.5 Å². The maximum atomic E-state index is 11.6. The first-order valence-corrected chi connectivity index (χ1v) is 9.61. The molecule has 1 aromatic carbocycles. The Morgan fingerprint density at radius 1 is 1.25 bits per heavy atom. The van der Waals surface area contributed by atoms with Crippen molar-refractivity contribution in [3.63, 3.8) is 0 Å². The van der Waals surface area contributed by atoms with Crippen molar-refractivity contribution < 1.29 is 17.9 Å². The van der Waals surface area contributed by atoms with Crippen LogP contribution in [0.1, 0.15) is 26.2 Å². The van der Waals surface area contributed by atoms with Gasteiger partial charge in [-0.15, -0.1) is 12.4 Å². The van der Waals surface area contributed by atoms with Crippen LogP contribution in [0.25, 0.3) is 0 Å². The van der Waals surface area contributed by atoms with E-state index in [-0.39, 0.29) is 29.1 Å². The quantitative estimate of drug-likeness (QED) is 0.604. The van der Waals surface area contributed by atoms with Crippen molar-refractivity contribution >= 4 is 28.2 Å². The van der Waals surface area contributed by atoms with Crippen LogP contribution in [0.3, 0.4) is 0 Å². The molecule has 0 bridgehead atoms. The van der Waals surface area contributed by atoms with Crippen molar-refractivity contribution in [1.82, 2.24) is 5.32 Å². The van der Waals surface area contributed by atoms with Crippen molar-refractivity contribution in [3.8, 4) is 5.75 Å². The Labute approximate surface area is 150 Å². The fourth-order valence-corrected chi connectivity index (χ4v) is 2.45. The van der Waals surface area contributed by atoms with Crippen molar-refractivity contribution in [2.75, 3.05) is 26.0 Å². The molecule has 1 aromatic rings. The first-order valence-electron chi connectivity index (χ1n) is 7.72. The highest BCUT2D eigenvalue weighted by Gasteiger charge is 2.07. The third-order valence-corrected chi connectivity index (χ3v) is 4.50. The summed E-state index contributed by atoms with van der Waals surface area (Å²) in [6.45, 7) is 3.65. The van der Waals surface area contributed by atoms with Crippen LogP contribution in [0.2, 0.25) is 0 Å². The summed E-state index contributed by atoms with van der Waals surface area (Å²) in [6.07, 6.45) is 3.13. The number of carbonyl (C=O) groups is 1. The normalized spacial score (nSPS) is 12.1. The van der Waals surface area contributed by atoms with E-state index in [1.807, 2.05) is 6.92 Å². The van der Waals surface area contributed by atoms with Crippen LogP contribution in [0.15, 0.2) is 29.2 Å². The largest absolute Gasteiger partial charge is 0.494 e. The Balaban J connectivity index is 0.00000529. The van der Waals surface area contributed by atoms with Gasteiger partial charge in [0.2, 0.25) is 5.91 Å². The second kappa shape index (κ2) is 11.3. The molecule has 0 fully saturated rings. The number of amides is 1. The predicted molar refractivity (Wildman–Crippen MR) is 97.4 cm³/mol. The lowest BCUT2D eigenvalue weighted by molar-refractivity contribution is -0.121. The first-order chi connectivity index (χ1) is 10.8. The Morgan fingerprint density at radius 3 is 2.42 bits per heavy atom. The van der Waals surface area contributed by atoms with Crippen LogP contribution in [0.5, 0.6) is 5.75 Å². The van der Waals surface area contributed by atoms with E-state index < -0.39 is 9.84 Å². The molecule has 8 heteroatoms. The van der Waals surface area contributed by atoms with Crippen LogP contribution in [-0.2, 0) is 14.6 Å². The topological polar surface area (TPSA) is 98.5 Å². The Kier molecular flexibility index (Phi) is 10.7. The molecule has 0 aliphatic rings. The smallest absolute Gasteiger partial charge is 0.220 e. The zero-order chi connectivity index (χ0) is 17.3. The number of nitrogens with two attached hydrogens (primary N) is 1. The summed E-state index contributed by atoms with van der Waals surface area (Å²) in [6, 6.07) is 6.32. The number of ether oxygens (including phenoxy) is 1. The summed E-state index contributed by atoms with van der Waals surface area (Å²) < 4.78 is 28.2. The molecule has 0 saturated heterocycles. The number of halogens is 1. The Bertz CT molecular complexity index is 591. The molecule has 1 amide bonds. The van der Waals surface area contributed by atoms with Crippen molar-refractivity contribution in [2.45, 2.75) is 31.1 Å². The average Bonchev–Trinajstić information content (AvgIpc) is 2.51. The zero-order valence-corrected chi connectivity index (χ0v) is 15.8. The molecule has 6 nitrogen and oxygen atoms in total. The molecule has 3 N–H and O–H groups in total. The van der Waals surface area contributed by atoms with Crippen molar-refractivity contribution in [2.24, 2.45) is 11.7 Å². The van der Waals surface area contributed by atoms with Gasteiger partial charge in [-0.3, -0.25) is 4.79 Å². The lowest BCUT2D eigenvalue weighted by Crippen LogP contribution is -2.31. The Morgan fingerprint density at radius 2 is 1.88 bits per heavy atom. The van der Waals surface area contributed by atoms with Crippen molar-refractivity contribution in [3.05, 3.63) is 24.3 Å². The second-order valence-corrected chi connectivity index (χ2v) is 7.71. The summed E-state index contributed by atoms with van der Waals surface area (Å²) in [4.78, 5) is 11.8. The fourth-order valence-electron chi connectivity index (χ4n) is 1.82. The third-order valence-electron chi connectivity index (χ3n) is 3.37. The molecule has 0 saturated carbocycles. The minimum Gasteiger partial charge on any atom is -0.494 e. The van der Waals surface area contributed by atoms with Crippen LogP contribution in [0.4, 0.5) is 0 Å². The SMILES string of the molecule is CC(CN)CNC(=O)CCCCOc1ccc(S(C)(=O)=O)cc1.Cl. The molecule has 0 aliphatic heterocycles. The maximum Gasteiger partial charge on any atom is 0.220 e. The van der Waals surface area contributed by atoms with Gasteiger partial charge in [-0.25, -0.2) is 8.42 Å². The fraction of sp³-hybridized carbons (Fsp3) is 0.562. The molecule has 24 heavy (non-hydrogen) atoms. The highest BCUT2D eigenvalue weighted by Crippen LogP contribution is 2.16. The second-order valence-electron chi connectivity index (χ2n) is 5.69. The predicted octanol–water partition coefficient (Wildman–Crippen LogP) is 1.77. The average molecular weight is 379 g/mol. The van der Waals surface area contributed by atoms with Gasteiger partial charge in [0.25, 0.3) is 0 Å². The summed E-state index contributed by atoms with van der Waals surface area (Å²) in [5.41, 5.74) is 5.49.